The van der Waals surface area contributed by atoms with Crippen LogP contribution in [0.4, 0.5) is 0 Å². The van der Waals surface area contributed by atoms with E-state index in [1.165, 1.54) is 18.2 Å². The molecule has 0 spiro atoms. The molecule has 0 aromatic heterocycles. The highest BCUT2D eigenvalue weighted by Crippen LogP contribution is 2.30. The minimum absolute atomic E-state index is 0.0471. The number of rotatable bonds is 3. The molecule has 6 N–H and O–H groups in total. The van der Waals surface area contributed by atoms with Gasteiger partial charge in [0.15, 0.2) is 17.2 Å². The van der Waals surface area contributed by atoms with Gasteiger partial charge in [-0.2, -0.15) is 0 Å². The Morgan fingerprint density at radius 3 is 2.18 bits per heavy atom. The van der Waals surface area contributed by atoms with Gasteiger partial charge in [0.05, 0.1) is 0 Å². The third-order valence-corrected chi connectivity index (χ3v) is 2.33. The maximum Gasteiger partial charge on any atom is 0.157 e. The lowest BCUT2D eigenvalue weighted by Gasteiger charge is -2.35. The summed E-state index contributed by atoms with van der Waals surface area (Å²) in [5.41, 5.74) is 4.20. The molecule has 1 unspecified atom stereocenters. The molecule has 5 nitrogen and oxygen atoms in total. The zero-order chi connectivity index (χ0) is 13.3. The topological polar surface area (TPSA) is 98.7 Å². The molecule has 0 aliphatic rings. The van der Waals surface area contributed by atoms with E-state index >= 15 is 0 Å². The second-order valence-corrected chi connectivity index (χ2v) is 5.14. The number of nitrogens with one attached hydrogen (secondary N) is 1. The first-order valence-electron chi connectivity index (χ1n) is 5.42. The molecule has 0 heterocycles. The highest BCUT2D eigenvalue weighted by atomic mass is 16.3. The first kappa shape index (κ1) is 13.8. The molecule has 0 saturated heterocycles. The Morgan fingerprint density at radius 2 is 1.76 bits per heavy atom. The van der Waals surface area contributed by atoms with Crippen molar-refractivity contribution in [1.82, 2.24) is 5.32 Å². The Labute approximate surface area is 101 Å². The standard InChI is InChI=1S/C12H20N2O3/c1-11(2,3)14-12(17,7-13)8-4-5-9(15)10(16)6-8/h4-6,14-17H,7,13H2,1-3H3. The summed E-state index contributed by atoms with van der Waals surface area (Å²) in [5, 5.41) is 32.1. The van der Waals surface area contributed by atoms with Crippen molar-refractivity contribution in [3.05, 3.63) is 23.8 Å². The summed E-state index contributed by atoms with van der Waals surface area (Å²) in [6, 6.07) is 4.12. The third kappa shape index (κ3) is 3.33. The van der Waals surface area contributed by atoms with E-state index in [1.807, 2.05) is 20.8 Å². The van der Waals surface area contributed by atoms with Crippen molar-refractivity contribution in [2.24, 2.45) is 5.73 Å². The molecule has 1 aromatic rings. The maximum absolute atomic E-state index is 10.4. The summed E-state index contributed by atoms with van der Waals surface area (Å²) in [4.78, 5) is 0. The number of phenolic OH excluding ortho intramolecular Hbond substituents is 2. The number of phenols is 2. The van der Waals surface area contributed by atoms with E-state index in [0.717, 1.165) is 0 Å². The summed E-state index contributed by atoms with van der Waals surface area (Å²) in [7, 11) is 0. The summed E-state index contributed by atoms with van der Waals surface area (Å²) < 4.78 is 0. The Bertz CT molecular complexity index is 401. The lowest BCUT2D eigenvalue weighted by Crippen LogP contribution is -2.55. The van der Waals surface area contributed by atoms with Crippen LogP contribution in [0.2, 0.25) is 0 Å². The fourth-order valence-electron chi connectivity index (χ4n) is 1.64. The van der Waals surface area contributed by atoms with Crippen LogP contribution in [-0.4, -0.2) is 27.4 Å². The third-order valence-electron chi connectivity index (χ3n) is 2.33. The van der Waals surface area contributed by atoms with Gasteiger partial charge in [0.25, 0.3) is 0 Å². The summed E-state index contributed by atoms with van der Waals surface area (Å²) in [5.74, 6) is -0.519. The summed E-state index contributed by atoms with van der Waals surface area (Å²) in [6.07, 6.45) is 0. The number of aromatic hydroxyl groups is 2. The van der Waals surface area contributed by atoms with Gasteiger partial charge in [-0.1, -0.05) is 6.07 Å². The molecular formula is C12H20N2O3. The second-order valence-electron chi connectivity index (χ2n) is 5.14. The average Bonchev–Trinajstić information content (AvgIpc) is 2.19. The first-order valence-corrected chi connectivity index (χ1v) is 5.42. The highest BCUT2D eigenvalue weighted by molar-refractivity contribution is 5.42. The lowest BCUT2D eigenvalue weighted by atomic mass is 9.97. The Kier molecular flexibility index (Phi) is 3.66. The van der Waals surface area contributed by atoms with E-state index in [4.69, 9.17) is 5.73 Å². The van der Waals surface area contributed by atoms with Crippen molar-refractivity contribution in [3.63, 3.8) is 0 Å². The molecule has 1 rings (SSSR count). The molecule has 0 radical (unpaired) electrons. The molecule has 1 aromatic carbocycles. The normalized spacial score (nSPS) is 15.6. The molecule has 1 atom stereocenters. The molecule has 0 aliphatic heterocycles. The van der Waals surface area contributed by atoms with Crippen molar-refractivity contribution < 1.29 is 15.3 Å². The molecule has 96 valence electrons. The predicted octanol–water partition coefficient (Wildman–Crippen LogP) is 0.590. The van der Waals surface area contributed by atoms with Gasteiger partial charge in [0, 0.05) is 17.6 Å². The quantitative estimate of drug-likeness (QED) is 0.393. The van der Waals surface area contributed by atoms with Crippen LogP contribution in [0.3, 0.4) is 0 Å². The first-order chi connectivity index (χ1) is 7.68. The maximum atomic E-state index is 10.4. The smallest absolute Gasteiger partial charge is 0.157 e. The van der Waals surface area contributed by atoms with Crippen molar-refractivity contribution in [2.45, 2.75) is 32.0 Å². The van der Waals surface area contributed by atoms with Gasteiger partial charge in [0.1, 0.15) is 0 Å². The molecule has 0 saturated carbocycles. The van der Waals surface area contributed by atoms with Crippen LogP contribution in [0.5, 0.6) is 11.5 Å². The Hall–Kier alpha value is -1.30. The zero-order valence-corrected chi connectivity index (χ0v) is 10.4. The van der Waals surface area contributed by atoms with Gasteiger partial charge in [-0.05, 0) is 32.9 Å². The average molecular weight is 240 g/mol. The molecular weight excluding hydrogens is 220 g/mol. The van der Waals surface area contributed by atoms with E-state index in [9.17, 15) is 15.3 Å². The zero-order valence-electron chi connectivity index (χ0n) is 10.4. The number of hydrogen-bond acceptors (Lipinski definition) is 5. The van der Waals surface area contributed by atoms with Gasteiger partial charge in [-0.25, -0.2) is 0 Å². The minimum atomic E-state index is -1.44. The Balaban J connectivity index is 3.11. The SMILES string of the molecule is CC(C)(C)NC(O)(CN)c1ccc(O)c(O)c1. The summed E-state index contributed by atoms with van der Waals surface area (Å²) >= 11 is 0. The fourth-order valence-corrected chi connectivity index (χ4v) is 1.64. The molecule has 0 aliphatic carbocycles. The van der Waals surface area contributed by atoms with Crippen LogP contribution in [0.1, 0.15) is 26.3 Å². The largest absolute Gasteiger partial charge is 0.504 e. The van der Waals surface area contributed by atoms with E-state index in [0.29, 0.717) is 5.56 Å². The van der Waals surface area contributed by atoms with E-state index in [2.05, 4.69) is 5.32 Å². The van der Waals surface area contributed by atoms with Crippen LogP contribution in [0, 0.1) is 0 Å². The monoisotopic (exact) mass is 240 g/mol. The van der Waals surface area contributed by atoms with Crippen LogP contribution in [-0.2, 0) is 5.72 Å². The van der Waals surface area contributed by atoms with Crippen molar-refractivity contribution in [2.75, 3.05) is 6.54 Å². The van der Waals surface area contributed by atoms with Crippen LogP contribution < -0.4 is 11.1 Å². The fraction of sp³-hybridized carbons (Fsp3) is 0.500. The highest BCUT2D eigenvalue weighted by Gasteiger charge is 2.32. The predicted molar refractivity (Wildman–Crippen MR) is 65.6 cm³/mol. The van der Waals surface area contributed by atoms with Crippen LogP contribution in [0.25, 0.3) is 0 Å². The van der Waals surface area contributed by atoms with Gasteiger partial charge in [-0.15, -0.1) is 0 Å². The van der Waals surface area contributed by atoms with Gasteiger partial charge < -0.3 is 21.1 Å². The van der Waals surface area contributed by atoms with E-state index < -0.39 is 5.72 Å². The second kappa shape index (κ2) is 4.52. The number of benzene rings is 1. The van der Waals surface area contributed by atoms with Crippen molar-refractivity contribution in [3.8, 4) is 11.5 Å². The van der Waals surface area contributed by atoms with Gasteiger partial charge in [-0.3, -0.25) is 5.32 Å². The molecule has 5 heteroatoms. The van der Waals surface area contributed by atoms with Crippen LogP contribution >= 0.6 is 0 Å². The molecule has 17 heavy (non-hydrogen) atoms. The lowest BCUT2D eigenvalue weighted by molar-refractivity contribution is -0.0140. The minimum Gasteiger partial charge on any atom is -0.504 e. The number of nitrogens with two attached hydrogens (primary N) is 1. The Morgan fingerprint density at radius 1 is 1.18 bits per heavy atom. The van der Waals surface area contributed by atoms with E-state index in [-0.39, 0.29) is 23.6 Å². The van der Waals surface area contributed by atoms with Gasteiger partial charge in [0.2, 0.25) is 0 Å². The molecule has 0 bridgehead atoms. The van der Waals surface area contributed by atoms with Crippen LogP contribution in [0.15, 0.2) is 18.2 Å². The van der Waals surface area contributed by atoms with Crippen molar-refractivity contribution >= 4 is 0 Å². The summed E-state index contributed by atoms with van der Waals surface area (Å²) in [6.45, 7) is 5.64. The van der Waals surface area contributed by atoms with E-state index in [1.54, 1.807) is 0 Å². The number of aliphatic hydroxyl groups is 1. The number of hydrogen-bond donors (Lipinski definition) is 5. The molecule has 0 amide bonds. The molecule has 0 fully saturated rings. The van der Waals surface area contributed by atoms with Gasteiger partial charge >= 0.3 is 0 Å². The van der Waals surface area contributed by atoms with Crippen molar-refractivity contribution in [1.29, 1.82) is 0 Å².